The summed E-state index contributed by atoms with van der Waals surface area (Å²) in [5.41, 5.74) is 0.911. The first kappa shape index (κ1) is 17.8. The van der Waals surface area contributed by atoms with Crippen LogP contribution in [-0.4, -0.2) is 22.6 Å². The highest BCUT2D eigenvalue weighted by Gasteiger charge is 2.22. The summed E-state index contributed by atoms with van der Waals surface area (Å²) in [5.74, 6) is -0.429. The minimum absolute atomic E-state index is 0.0170. The van der Waals surface area contributed by atoms with Gasteiger partial charge in [0.15, 0.2) is 11.5 Å². The molecule has 0 bridgehead atoms. The van der Waals surface area contributed by atoms with Crippen molar-refractivity contribution in [1.29, 1.82) is 0 Å². The lowest BCUT2D eigenvalue weighted by Gasteiger charge is -2.09. The molecule has 23 heavy (non-hydrogen) atoms. The topological polar surface area (TPSA) is 86.7 Å². The van der Waals surface area contributed by atoms with Gasteiger partial charge in [-0.05, 0) is 25.5 Å². The Hall–Kier alpha value is -1.58. The average molecular weight is 376 g/mol. The van der Waals surface area contributed by atoms with Crippen molar-refractivity contribution in [2.75, 3.05) is 5.75 Å². The van der Waals surface area contributed by atoms with E-state index in [1.165, 1.54) is 22.9 Å². The summed E-state index contributed by atoms with van der Waals surface area (Å²) >= 11 is 1.08. The first-order chi connectivity index (χ1) is 10.7. The van der Waals surface area contributed by atoms with Gasteiger partial charge in [0.25, 0.3) is 0 Å². The number of aryl methyl sites for hydroxylation is 1. The first-order valence-electron chi connectivity index (χ1n) is 6.73. The van der Waals surface area contributed by atoms with Gasteiger partial charge in [0.05, 0.1) is 5.75 Å². The van der Waals surface area contributed by atoms with Crippen LogP contribution < -0.4 is 8.37 Å². The predicted octanol–water partition coefficient (Wildman–Crippen LogP) is 2.94. The van der Waals surface area contributed by atoms with E-state index in [9.17, 15) is 16.8 Å². The minimum Gasteiger partial charge on any atom is -0.377 e. The van der Waals surface area contributed by atoms with Crippen molar-refractivity contribution in [2.45, 2.75) is 25.2 Å². The summed E-state index contributed by atoms with van der Waals surface area (Å²) in [6.45, 7) is 3.54. The quantitative estimate of drug-likeness (QED) is 0.691. The molecule has 2 rings (SSSR count). The van der Waals surface area contributed by atoms with E-state index in [4.69, 9.17) is 8.37 Å². The molecule has 0 aliphatic heterocycles. The van der Waals surface area contributed by atoms with Gasteiger partial charge in [0, 0.05) is 10.8 Å². The second-order valence-corrected chi connectivity index (χ2v) is 8.78. The second kappa shape index (κ2) is 6.90. The Labute approximate surface area is 139 Å². The van der Waals surface area contributed by atoms with E-state index in [1.807, 2.05) is 6.92 Å². The molecule has 9 heteroatoms. The summed E-state index contributed by atoms with van der Waals surface area (Å²) in [4.78, 5) is -0.0170. The van der Waals surface area contributed by atoms with E-state index < -0.39 is 20.2 Å². The molecule has 126 valence electrons. The Bertz CT molecular complexity index is 863. The molecule has 0 fully saturated rings. The molecule has 0 unspecified atom stereocenters. The van der Waals surface area contributed by atoms with Crippen LogP contribution in [-0.2, 0) is 20.2 Å². The molecule has 1 aromatic heterocycles. The maximum Gasteiger partial charge on any atom is 0.339 e. The smallest absolute Gasteiger partial charge is 0.339 e. The maximum absolute atomic E-state index is 12.2. The highest BCUT2D eigenvalue weighted by Crippen LogP contribution is 2.35. The van der Waals surface area contributed by atoms with Crippen molar-refractivity contribution in [3.63, 3.8) is 0 Å². The maximum atomic E-state index is 12.2. The number of rotatable bonds is 7. The van der Waals surface area contributed by atoms with E-state index in [0.29, 0.717) is 6.42 Å². The van der Waals surface area contributed by atoms with Gasteiger partial charge >= 0.3 is 20.2 Å². The Morgan fingerprint density at radius 3 is 2.09 bits per heavy atom. The zero-order valence-electron chi connectivity index (χ0n) is 12.6. The van der Waals surface area contributed by atoms with Gasteiger partial charge in [0.2, 0.25) is 0 Å². The highest BCUT2D eigenvalue weighted by atomic mass is 32.2. The Morgan fingerprint density at radius 2 is 1.52 bits per heavy atom. The molecular formula is C14H16O6S3. The van der Waals surface area contributed by atoms with Crippen LogP contribution in [0.5, 0.6) is 11.5 Å². The van der Waals surface area contributed by atoms with Crippen molar-refractivity contribution in [1.82, 2.24) is 0 Å². The van der Waals surface area contributed by atoms with E-state index >= 15 is 0 Å². The fourth-order valence-electron chi connectivity index (χ4n) is 1.69. The van der Waals surface area contributed by atoms with E-state index in [2.05, 4.69) is 0 Å². The van der Waals surface area contributed by atoms with Crippen molar-refractivity contribution in [3.8, 4) is 11.5 Å². The van der Waals surface area contributed by atoms with Gasteiger partial charge in [-0.15, -0.1) is 11.3 Å². The van der Waals surface area contributed by atoms with Gasteiger partial charge in [-0.1, -0.05) is 24.6 Å². The Morgan fingerprint density at radius 1 is 0.957 bits per heavy atom. The Kier molecular flexibility index (Phi) is 5.33. The fourth-order valence-corrected chi connectivity index (χ4v) is 4.38. The zero-order chi connectivity index (χ0) is 17.1. The van der Waals surface area contributed by atoms with Gasteiger partial charge in [-0.2, -0.15) is 16.8 Å². The highest BCUT2D eigenvalue weighted by molar-refractivity contribution is 7.87. The molecule has 0 aliphatic rings. The third kappa shape index (κ3) is 4.69. The van der Waals surface area contributed by atoms with E-state index in [-0.39, 0.29) is 22.1 Å². The fraction of sp³-hybridized carbons (Fsp3) is 0.286. The third-order valence-corrected chi connectivity index (χ3v) is 6.06. The number of hydrogen-bond acceptors (Lipinski definition) is 7. The summed E-state index contributed by atoms with van der Waals surface area (Å²) in [6.07, 6.45) is 0.393. The number of thiophene rings is 1. The minimum atomic E-state index is -4.06. The Balaban J connectivity index is 2.24. The molecule has 0 aliphatic carbocycles. The average Bonchev–Trinajstić information content (AvgIpc) is 2.84. The van der Waals surface area contributed by atoms with Gasteiger partial charge in [0.1, 0.15) is 4.90 Å². The third-order valence-electron chi connectivity index (χ3n) is 2.77. The van der Waals surface area contributed by atoms with Crippen LogP contribution in [0.4, 0.5) is 0 Å². The molecule has 1 heterocycles. The zero-order valence-corrected chi connectivity index (χ0v) is 15.0. The molecule has 0 N–H and O–H groups in total. The largest absolute Gasteiger partial charge is 0.377 e. The van der Waals surface area contributed by atoms with Crippen LogP contribution in [0.25, 0.3) is 0 Å². The van der Waals surface area contributed by atoms with Gasteiger partial charge in [-0.3, -0.25) is 0 Å². The molecule has 2 aromatic rings. The van der Waals surface area contributed by atoms with Crippen LogP contribution in [0, 0.1) is 6.92 Å². The van der Waals surface area contributed by atoms with Crippen molar-refractivity contribution >= 4 is 31.6 Å². The molecule has 0 amide bonds. The van der Waals surface area contributed by atoms with E-state index in [0.717, 1.165) is 16.9 Å². The summed E-state index contributed by atoms with van der Waals surface area (Å²) in [5, 5.41) is 2.76. The molecule has 6 nitrogen and oxygen atoms in total. The molecule has 1 aromatic carbocycles. The van der Waals surface area contributed by atoms with Crippen LogP contribution in [0.15, 0.2) is 39.9 Å². The SMILES string of the molecule is CCCS(=O)(=O)Oc1cscc1OS(=O)(=O)c1ccc(C)cc1. The predicted molar refractivity (Wildman–Crippen MR) is 88.0 cm³/mol. The summed E-state index contributed by atoms with van der Waals surface area (Å²) in [7, 11) is -7.83. The van der Waals surface area contributed by atoms with Crippen LogP contribution in [0.3, 0.4) is 0 Å². The molecule has 0 saturated heterocycles. The lowest BCUT2D eigenvalue weighted by atomic mass is 10.2. The van der Waals surface area contributed by atoms with Crippen molar-refractivity contribution < 1.29 is 25.2 Å². The summed E-state index contributed by atoms with van der Waals surface area (Å²) < 4.78 is 57.8. The van der Waals surface area contributed by atoms with Gasteiger partial charge in [-0.25, -0.2) is 0 Å². The standard InChI is InChI=1S/C14H16O6S3/c1-3-8-22(15,16)19-13-9-21-10-14(13)20-23(17,18)12-6-4-11(2)5-7-12/h4-7,9-10H,3,8H2,1-2H3. The summed E-state index contributed by atoms with van der Waals surface area (Å²) in [6, 6.07) is 6.14. The molecule has 0 spiro atoms. The number of hydrogen-bond donors (Lipinski definition) is 0. The normalized spacial score (nSPS) is 12.1. The molecule has 0 saturated carbocycles. The molecule has 0 atom stereocenters. The van der Waals surface area contributed by atoms with Gasteiger partial charge < -0.3 is 8.37 Å². The van der Waals surface area contributed by atoms with Crippen molar-refractivity contribution in [3.05, 3.63) is 40.6 Å². The molecular weight excluding hydrogens is 360 g/mol. The van der Waals surface area contributed by atoms with Crippen LogP contribution >= 0.6 is 11.3 Å². The second-order valence-electron chi connectivity index (χ2n) is 4.80. The first-order valence-corrected chi connectivity index (χ1v) is 10.7. The number of benzene rings is 1. The lowest BCUT2D eigenvalue weighted by molar-refractivity contribution is 0.451. The molecule has 0 radical (unpaired) electrons. The van der Waals surface area contributed by atoms with E-state index in [1.54, 1.807) is 19.1 Å². The van der Waals surface area contributed by atoms with Crippen molar-refractivity contribution in [2.24, 2.45) is 0 Å². The monoisotopic (exact) mass is 376 g/mol. The van der Waals surface area contributed by atoms with Crippen LogP contribution in [0.1, 0.15) is 18.9 Å². The lowest BCUT2D eigenvalue weighted by Crippen LogP contribution is -2.14. The van der Waals surface area contributed by atoms with Crippen LogP contribution in [0.2, 0.25) is 0 Å².